The van der Waals surface area contributed by atoms with E-state index in [1.54, 1.807) is 12.1 Å². The first-order valence-corrected chi connectivity index (χ1v) is 7.41. The number of hydrogen-bond acceptors (Lipinski definition) is 4. The van der Waals surface area contributed by atoms with Gasteiger partial charge in [0.2, 0.25) is 5.91 Å². The topological polar surface area (TPSA) is 87.6 Å². The van der Waals surface area contributed by atoms with E-state index >= 15 is 0 Å². The molecule has 1 unspecified atom stereocenters. The van der Waals surface area contributed by atoms with Crippen LogP contribution in [0, 0.1) is 0 Å². The molecule has 0 spiro atoms. The van der Waals surface area contributed by atoms with Gasteiger partial charge in [-0.1, -0.05) is 43.7 Å². The van der Waals surface area contributed by atoms with E-state index < -0.39 is 11.4 Å². The molecule has 0 fully saturated rings. The van der Waals surface area contributed by atoms with Gasteiger partial charge in [-0.05, 0) is 12.0 Å². The molecule has 1 amide bonds. The van der Waals surface area contributed by atoms with Crippen LogP contribution in [0.1, 0.15) is 31.7 Å². The minimum Gasteiger partial charge on any atom is -0.379 e. The van der Waals surface area contributed by atoms with E-state index in [0.717, 1.165) is 19.4 Å². The normalized spacial score (nSPS) is 13.8. The summed E-state index contributed by atoms with van der Waals surface area (Å²) in [4.78, 5) is 11.7. The van der Waals surface area contributed by atoms with Crippen molar-refractivity contribution in [3.05, 3.63) is 35.9 Å². The fraction of sp³-hybridized carbons (Fsp3) is 0.562. The molecule has 1 atom stereocenters. The van der Waals surface area contributed by atoms with Crippen LogP contribution in [-0.4, -0.2) is 32.3 Å². The Morgan fingerprint density at radius 3 is 2.29 bits per heavy atom. The van der Waals surface area contributed by atoms with Crippen LogP contribution in [0.2, 0.25) is 0 Å². The van der Waals surface area contributed by atoms with Crippen molar-refractivity contribution in [1.29, 1.82) is 0 Å². The van der Waals surface area contributed by atoms with Crippen LogP contribution < -0.4 is 11.5 Å². The van der Waals surface area contributed by atoms with Crippen LogP contribution in [0.25, 0.3) is 0 Å². The summed E-state index contributed by atoms with van der Waals surface area (Å²) < 4.78 is 10.9. The average molecular weight is 294 g/mol. The minimum atomic E-state index is -1.19. The van der Waals surface area contributed by atoms with Crippen LogP contribution in [-0.2, 0) is 19.8 Å². The Kier molecular flexibility index (Phi) is 7.97. The number of rotatable bonds is 11. The molecule has 0 heterocycles. The first-order chi connectivity index (χ1) is 10.1. The number of carbonyl (C=O) groups is 1. The summed E-state index contributed by atoms with van der Waals surface area (Å²) in [5.41, 5.74) is 11.1. The molecule has 0 bridgehead atoms. The Labute approximate surface area is 126 Å². The number of ether oxygens (including phenoxy) is 2. The summed E-state index contributed by atoms with van der Waals surface area (Å²) in [6.07, 6.45) is 2.52. The van der Waals surface area contributed by atoms with Crippen molar-refractivity contribution in [2.24, 2.45) is 11.5 Å². The third-order valence-electron chi connectivity index (χ3n) is 3.38. The lowest BCUT2D eigenvalue weighted by atomic mass is 9.87. The van der Waals surface area contributed by atoms with E-state index in [0.29, 0.717) is 31.8 Å². The van der Waals surface area contributed by atoms with Gasteiger partial charge in [0.25, 0.3) is 0 Å². The molecule has 0 radical (unpaired) electrons. The Morgan fingerprint density at radius 2 is 1.71 bits per heavy atom. The molecule has 0 aromatic heterocycles. The number of benzene rings is 1. The fourth-order valence-corrected chi connectivity index (χ4v) is 1.95. The molecule has 21 heavy (non-hydrogen) atoms. The molecule has 1 aromatic rings. The second kappa shape index (κ2) is 9.50. The van der Waals surface area contributed by atoms with Crippen LogP contribution in [0.4, 0.5) is 0 Å². The highest BCUT2D eigenvalue weighted by Crippen LogP contribution is 2.21. The Hall–Kier alpha value is -1.43. The van der Waals surface area contributed by atoms with E-state index in [1.165, 1.54) is 0 Å². The molecule has 0 saturated carbocycles. The molecule has 5 heteroatoms. The lowest BCUT2D eigenvalue weighted by molar-refractivity contribution is -0.124. The molecule has 0 aliphatic rings. The number of unbranched alkanes of at least 4 members (excludes halogenated alkanes) is 1. The molecule has 4 N–H and O–H groups in total. The number of hydrogen-bond donors (Lipinski definition) is 2. The lowest BCUT2D eigenvalue weighted by Crippen LogP contribution is -2.49. The van der Waals surface area contributed by atoms with Gasteiger partial charge in [0.15, 0.2) is 0 Å². The van der Waals surface area contributed by atoms with Crippen molar-refractivity contribution < 1.29 is 14.3 Å². The van der Waals surface area contributed by atoms with Gasteiger partial charge in [0.05, 0.1) is 13.2 Å². The largest absolute Gasteiger partial charge is 0.379 e. The van der Waals surface area contributed by atoms with Crippen molar-refractivity contribution in [3.8, 4) is 0 Å². The highest BCUT2D eigenvalue weighted by molar-refractivity contribution is 5.85. The zero-order valence-corrected chi connectivity index (χ0v) is 12.7. The number of carbonyl (C=O) groups excluding carboxylic acids is 1. The summed E-state index contributed by atoms with van der Waals surface area (Å²) in [6.45, 7) is 4.29. The third-order valence-corrected chi connectivity index (χ3v) is 3.38. The van der Waals surface area contributed by atoms with Crippen LogP contribution in [0.3, 0.4) is 0 Å². The maximum atomic E-state index is 11.7. The number of amides is 1. The maximum absolute atomic E-state index is 11.7. The van der Waals surface area contributed by atoms with Crippen molar-refractivity contribution in [2.45, 2.75) is 31.7 Å². The van der Waals surface area contributed by atoms with Gasteiger partial charge in [-0.25, -0.2) is 0 Å². The highest BCUT2D eigenvalue weighted by Gasteiger charge is 2.33. The zero-order chi connectivity index (χ0) is 15.6. The molecule has 0 aliphatic carbocycles. The molecular formula is C16H26N2O3. The van der Waals surface area contributed by atoms with Crippen LogP contribution >= 0.6 is 0 Å². The van der Waals surface area contributed by atoms with Gasteiger partial charge in [0.1, 0.15) is 5.54 Å². The average Bonchev–Trinajstić information content (AvgIpc) is 2.50. The minimum absolute atomic E-state index is 0.349. The van der Waals surface area contributed by atoms with Crippen molar-refractivity contribution in [2.75, 3.05) is 26.4 Å². The van der Waals surface area contributed by atoms with Crippen molar-refractivity contribution in [3.63, 3.8) is 0 Å². The summed E-state index contributed by atoms with van der Waals surface area (Å²) in [7, 11) is 0. The second-order valence-corrected chi connectivity index (χ2v) is 5.03. The van der Waals surface area contributed by atoms with E-state index in [2.05, 4.69) is 6.92 Å². The van der Waals surface area contributed by atoms with E-state index in [4.69, 9.17) is 20.9 Å². The predicted octanol–water partition coefficient (Wildman–Crippen LogP) is 1.55. The summed E-state index contributed by atoms with van der Waals surface area (Å²) >= 11 is 0. The van der Waals surface area contributed by atoms with Crippen LogP contribution in [0.5, 0.6) is 0 Å². The van der Waals surface area contributed by atoms with Gasteiger partial charge >= 0.3 is 0 Å². The quantitative estimate of drug-likeness (QED) is 0.606. The van der Waals surface area contributed by atoms with Crippen molar-refractivity contribution >= 4 is 5.91 Å². The Morgan fingerprint density at radius 1 is 1.10 bits per heavy atom. The van der Waals surface area contributed by atoms with Gasteiger partial charge < -0.3 is 20.9 Å². The molecule has 5 nitrogen and oxygen atoms in total. The second-order valence-electron chi connectivity index (χ2n) is 5.03. The molecule has 0 saturated heterocycles. The lowest BCUT2D eigenvalue weighted by Gasteiger charge is -2.26. The maximum Gasteiger partial charge on any atom is 0.242 e. The van der Waals surface area contributed by atoms with Gasteiger partial charge in [0, 0.05) is 19.6 Å². The molecule has 0 aliphatic heterocycles. The Balaban J connectivity index is 2.34. The van der Waals surface area contributed by atoms with Gasteiger partial charge in [-0.15, -0.1) is 0 Å². The summed E-state index contributed by atoms with van der Waals surface area (Å²) in [5, 5.41) is 0. The molecular weight excluding hydrogens is 268 g/mol. The Bertz CT molecular complexity index is 411. The SMILES string of the molecule is CCCCOCCOCCC(N)(C(N)=O)c1ccccc1. The zero-order valence-electron chi connectivity index (χ0n) is 12.7. The first kappa shape index (κ1) is 17.6. The number of primary amides is 1. The van der Waals surface area contributed by atoms with E-state index in [-0.39, 0.29) is 0 Å². The standard InChI is InChI=1S/C16H26N2O3/c1-2-3-10-20-12-13-21-11-9-16(18,15(17)19)14-7-5-4-6-8-14/h4-8H,2-3,9-13,18H2,1H3,(H2,17,19). The van der Waals surface area contributed by atoms with Crippen LogP contribution in [0.15, 0.2) is 30.3 Å². The summed E-state index contributed by atoms with van der Waals surface area (Å²) in [5.74, 6) is -0.545. The molecule has 1 rings (SSSR count). The van der Waals surface area contributed by atoms with Gasteiger partial charge in [-0.3, -0.25) is 4.79 Å². The fourth-order valence-electron chi connectivity index (χ4n) is 1.95. The predicted molar refractivity (Wildman–Crippen MR) is 82.7 cm³/mol. The third kappa shape index (κ3) is 5.83. The van der Waals surface area contributed by atoms with Crippen molar-refractivity contribution in [1.82, 2.24) is 0 Å². The van der Waals surface area contributed by atoms with Gasteiger partial charge in [-0.2, -0.15) is 0 Å². The smallest absolute Gasteiger partial charge is 0.242 e. The van der Waals surface area contributed by atoms with E-state index in [1.807, 2.05) is 18.2 Å². The monoisotopic (exact) mass is 294 g/mol. The molecule has 1 aromatic carbocycles. The summed E-state index contributed by atoms with van der Waals surface area (Å²) in [6, 6.07) is 9.15. The highest BCUT2D eigenvalue weighted by atomic mass is 16.5. The molecule has 118 valence electrons. The van der Waals surface area contributed by atoms with E-state index in [9.17, 15) is 4.79 Å². The first-order valence-electron chi connectivity index (χ1n) is 7.41. The number of nitrogens with two attached hydrogens (primary N) is 2.